The Bertz CT molecular complexity index is 1010. The molecule has 0 aromatic heterocycles. The molecule has 5 fully saturated rings. The average Bonchev–Trinajstić information content (AvgIpc) is 3.26. The maximum absolute atomic E-state index is 13.7. The summed E-state index contributed by atoms with van der Waals surface area (Å²) in [5, 5.41) is 19.1. The minimum absolute atomic E-state index is 0. The zero-order valence-corrected chi connectivity index (χ0v) is 26.3. The molecular weight excluding hydrogens is 565 g/mol. The van der Waals surface area contributed by atoms with Gasteiger partial charge in [0.05, 0.1) is 23.7 Å². The number of halogens is 1. The highest BCUT2D eigenvalue weighted by molar-refractivity contribution is 6.48. The van der Waals surface area contributed by atoms with Crippen LogP contribution < -0.4 is 27.1 Å². The number of nitro groups is 1. The van der Waals surface area contributed by atoms with Crippen LogP contribution in [0.1, 0.15) is 86.0 Å². The number of carbonyl (C=O) groups is 2. The second kappa shape index (κ2) is 14.1. The van der Waals surface area contributed by atoms with Gasteiger partial charge in [-0.3, -0.25) is 9.59 Å². The molecule has 13 nitrogen and oxygen atoms in total. The summed E-state index contributed by atoms with van der Waals surface area (Å²) in [6.45, 7) is 11.9. The summed E-state index contributed by atoms with van der Waals surface area (Å²) in [5.74, 6) is 0.0989. The smallest absolute Gasteiger partial charge is 0.404 e. The van der Waals surface area contributed by atoms with Crippen molar-refractivity contribution < 1.29 is 23.9 Å². The Kier molecular flexibility index (Phi) is 11.5. The number of hydrazine groups is 1. The Hall–Kier alpha value is -2.16. The van der Waals surface area contributed by atoms with Crippen LogP contribution in [0.5, 0.6) is 0 Å². The van der Waals surface area contributed by atoms with Crippen molar-refractivity contribution in [3.8, 4) is 0 Å². The van der Waals surface area contributed by atoms with Gasteiger partial charge >= 0.3 is 7.12 Å². The molecule has 0 aromatic rings. The highest BCUT2D eigenvalue weighted by Crippen LogP contribution is 2.65. The molecule has 5 aliphatic rings. The van der Waals surface area contributed by atoms with Gasteiger partial charge in [-0.25, -0.2) is 15.1 Å². The molecule has 3 aliphatic carbocycles. The predicted molar refractivity (Wildman–Crippen MR) is 162 cm³/mol. The number of carbonyl (C=O) groups excluding carboxylic acids is 2. The molecule has 7 atom stereocenters. The van der Waals surface area contributed by atoms with E-state index in [0.717, 1.165) is 32.2 Å². The van der Waals surface area contributed by atoms with E-state index in [9.17, 15) is 19.7 Å². The molecule has 0 spiro atoms. The first-order valence-corrected chi connectivity index (χ1v) is 15.2. The number of amides is 2. The molecule has 2 aliphatic heterocycles. The fourth-order valence-electron chi connectivity index (χ4n) is 7.34. The zero-order chi connectivity index (χ0) is 29.9. The third-order valence-electron chi connectivity index (χ3n) is 9.75. The lowest BCUT2D eigenvalue weighted by Crippen LogP contribution is -2.65. The van der Waals surface area contributed by atoms with Gasteiger partial charge in [0, 0.05) is 6.54 Å². The maximum Gasteiger partial charge on any atom is 0.481 e. The summed E-state index contributed by atoms with van der Waals surface area (Å²) < 4.78 is 13.2. The van der Waals surface area contributed by atoms with Gasteiger partial charge in [-0.2, -0.15) is 0 Å². The lowest BCUT2D eigenvalue weighted by molar-refractivity contribution is -0.525. The summed E-state index contributed by atoms with van der Waals surface area (Å²) in [6, 6.07) is -1.16. The summed E-state index contributed by atoms with van der Waals surface area (Å²) in [6.07, 6.45) is 6.12. The average molecular weight is 614 g/mol. The zero-order valence-electron chi connectivity index (χ0n) is 25.5. The van der Waals surface area contributed by atoms with E-state index in [1.54, 1.807) is 5.43 Å². The SMILES string of the molecule is CC(C)C[C@H](NC(=O)[C@H](CCCN=C(N)N[N+](=O)[O-])NC(=O)[C@@H]1CCCCN1)B1O[C@@H]2C[C@@H]3C[C@@H](C3(C)C)[C@]2(C)O1.Cl. The number of hydrogen-bond acceptors (Lipinski definition) is 8. The van der Waals surface area contributed by atoms with Crippen LogP contribution in [0.2, 0.25) is 0 Å². The monoisotopic (exact) mass is 613 g/mol. The number of nitrogens with two attached hydrogens (primary N) is 1. The number of guanidine groups is 1. The van der Waals surface area contributed by atoms with Crippen molar-refractivity contribution in [2.75, 3.05) is 13.1 Å². The van der Waals surface area contributed by atoms with Crippen molar-refractivity contribution in [3.63, 3.8) is 0 Å². The van der Waals surface area contributed by atoms with Gasteiger partial charge in [0.2, 0.25) is 11.8 Å². The summed E-state index contributed by atoms with van der Waals surface area (Å²) in [7, 11) is -0.569. The highest BCUT2D eigenvalue weighted by Gasteiger charge is 2.68. The molecule has 15 heteroatoms. The summed E-state index contributed by atoms with van der Waals surface area (Å²) in [4.78, 5) is 41.3. The number of aliphatic imine (C=N–C) groups is 1. The molecule has 0 radical (unpaired) electrons. The minimum Gasteiger partial charge on any atom is -0.404 e. The van der Waals surface area contributed by atoms with Crippen LogP contribution in [0, 0.1) is 33.3 Å². The lowest BCUT2D eigenvalue weighted by Gasteiger charge is -2.64. The molecule has 42 heavy (non-hydrogen) atoms. The Morgan fingerprint density at radius 3 is 2.57 bits per heavy atom. The molecule has 2 heterocycles. The number of nitrogens with zero attached hydrogens (tertiary/aromatic N) is 2. The van der Waals surface area contributed by atoms with Crippen LogP contribution in [-0.4, -0.2) is 72.7 Å². The standard InChI is InChI=1S/C27H48BN7O6.ClH/c1-16(2)13-22(28-40-21-15-17-14-20(26(17,3)4)27(21,5)41-28)33-24(37)19(10-8-12-31-25(29)34-35(38)39)32-23(36)18-9-6-7-11-30-18;/h16-22,30H,6-15H2,1-5H3,(H,32,36)(H,33,37)(H3,29,31,34);1H/t17-,18-,19-,20-,21+,22-,27-;/m0./s1. The van der Waals surface area contributed by atoms with E-state index >= 15 is 0 Å². The fraction of sp³-hybridized carbons (Fsp3) is 0.889. The molecule has 5 rings (SSSR count). The third kappa shape index (κ3) is 7.67. The van der Waals surface area contributed by atoms with Crippen molar-refractivity contribution in [2.24, 2.45) is 33.9 Å². The molecule has 6 N–H and O–H groups in total. The molecule has 0 unspecified atom stereocenters. The van der Waals surface area contributed by atoms with E-state index < -0.39 is 23.8 Å². The Balaban J connectivity index is 0.00000484. The van der Waals surface area contributed by atoms with Gasteiger partial charge in [0.15, 0.2) is 5.03 Å². The topological polar surface area (TPSA) is 182 Å². The van der Waals surface area contributed by atoms with E-state index in [1.165, 1.54) is 0 Å². The van der Waals surface area contributed by atoms with Crippen LogP contribution in [0.25, 0.3) is 0 Å². The van der Waals surface area contributed by atoms with Crippen LogP contribution in [0.4, 0.5) is 0 Å². The maximum atomic E-state index is 13.7. The number of hydrogen-bond donors (Lipinski definition) is 5. The minimum atomic E-state index is -0.813. The van der Waals surface area contributed by atoms with Crippen LogP contribution in [0.15, 0.2) is 4.99 Å². The van der Waals surface area contributed by atoms with Crippen molar-refractivity contribution in [3.05, 3.63) is 10.1 Å². The molecule has 2 amide bonds. The van der Waals surface area contributed by atoms with Gasteiger partial charge in [-0.15, -0.1) is 12.4 Å². The fourth-order valence-corrected chi connectivity index (χ4v) is 7.34. The first-order valence-electron chi connectivity index (χ1n) is 15.2. The number of piperidine rings is 1. The van der Waals surface area contributed by atoms with E-state index in [4.69, 9.17) is 15.0 Å². The summed E-state index contributed by atoms with van der Waals surface area (Å²) in [5.41, 5.74) is 7.14. The Labute approximate surface area is 255 Å². The predicted octanol–water partition coefficient (Wildman–Crippen LogP) is 1.71. The van der Waals surface area contributed by atoms with E-state index in [1.807, 2.05) is 0 Å². The van der Waals surface area contributed by atoms with E-state index in [0.29, 0.717) is 37.5 Å². The molecule has 2 saturated heterocycles. The number of nitrogens with one attached hydrogen (secondary N) is 4. The van der Waals surface area contributed by atoms with Crippen molar-refractivity contribution in [1.82, 2.24) is 21.4 Å². The first kappa shape index (κ1) is 34.3. The van der Waals surface area contributed by atoms with E-state index in [2.05, 4.69) is 55.6 Å². The number of rotatable bonds is 12. The molecule has 238 valence electrons. The summed E-state index contributed by atoms with van der Waals surface area (Å²) >= 11 is 0. The molecule has 0 aromatic carbocycles. The quantitative estimate of drug-likeness (QED) is 0.0546. The second-order valence-electron chi connectivity index (χ2n) is 13.4. The second-order valence-corrected chi connectivity index (χ2v) is 13.4. The first-order chi connectivity index (χ1) is 19.3. The Morgan fingerprint density at radius 2 is 1.95 bits per heavy atom. The molecular formula is C27H49BClN7O6. The van der Waals surface area contributed by atoms with Gasteiger partial charge < -0.3 is 31.0 Å². The highest BCUT2D eigenvalue weighted by atomic mass is 35.5. The van der Waals surface area contributed by atoms with Crippen molar-refractivity contribution in [2.45, 2.75) is 116 Å². The van der Waals surface area contributed by atoms with Crippen LogP contribution in [-0.2, 0) is 18.9 Å². The van der Waals surface area contributed by atoms with Crippen molar-refractivity contribution >= 4 is 37.3 Å². The van der Waals surface area contributed by atoms with E-state index in [-0.39, 0.29) is 66.1 Å². The largest absolute Gasteiger partial charge is 0.481 e. The van der Waals surface area contributed by atoms with Crippen LogP contribution >= 0.6 is 12.4 Å². The normalized spacial score (nSPS) is 31.2. The van der Waals surface area contributed by atoms with Gasteiger partial charge in [0.25, 0.3) is 5.96 Å². The molecule has 2 bridgehead atoms. The Morgan fingerprint density at radius 1 is 1.21 bits per heavy atom. The van der Waals surface area contributed by atoms with Crippen molar-refractivity contribution in [1.29, 1.82) is 0 Å². The van der Waals surface area contributed by atoms with Gasteiger partial charge in [-0.05, 0) is 81.6 Å². The van der Waals surface area contributed by atoms with Gasteiger partial charge in [-0.1, -0.05) is 39.5 Å². The molecule has 3 saturated carbocycles. The van der Waals surface area contributed by atoms with Crippen LogP contribution in [0.3, 0.4) is 0 Å². The lowest BCUT2D eigenvalue weighted by atomic mass is 9.43. The third-order valence-corrected chi connectivity index (χ3v) is 9.75. The van der Waals surface area contributed by atoms with Gasteiger partial charge in [0.1, 0.15) is 6.04 Å².